The lowest BCUT2D eigenvalue weighted by Gasteiger charge is -2.10. The number of benzene rings is 1. The Bertz CT molecular complexity index is 442. The topological polar surface area (TPSA) is 66.8 Å². The minimum absolute atomic E-state index is 0.0465. The number of hydrogen-bond acceptors (Lipinski definition) is 4. The van der Waals surface area contributed by atoms with Gasteiger partial charge in [-0.05, 0) is 24.1 Å². The van der Waals surface area contributed by atoms with Gasteiger partial charge in [0.1, 0.15) is 6.10 Å². The van der Waals surface area contributed by atoms with Gasteiger partial charge in [-0.1, -0.05) is 45.1 Å². The molecule has 1 aromatic rings. The number of phenolic OH excluding ortho intramolecular Hbond substituents is 1. The van der Waals surface area contributed by atoms with Crippen molar-refractivity contribution in [2.75, 3.05) is 7.11 Å². The quantitative estimate of drug-likeness (QED) is 0.650. The average molecular weight is 294 g/mol. The lowest BCUT2D eigenvalue weighted by molar-refractivity contribution is -0.126. The van der Waals surface area contributed by atoms with Crippen LogP contribution in [0.2, 0.25) is 0 Å². The molecule has 1 atom stereocenters. The number of rotatable bonds is 10. The van der Waals surface area contributed by atoms with Crippen molar-refractivity contribution < 1.29 is 19.7 Å². The largest absolute Gasteiger partial charge is 0.504 e. The second-order valence-corrected chi connectivity index (χ2v) is 5.37. The lowest BCUT2D eigenvalue weighted by Crippen LogP contribution is -2.22. The molecule has 0 saturated carbocycles. The van der Waals surface area contributed by atoms with E-state index in [1.165, 1.54) is 26.0 Å². The fourth-order valence-corrected chi connectivity index (χ4v) is 2.25. The van der Waals surface area contributed by atoms with E-state index in [9.17, 15) is 15.0 Å². The summed E-state index contributed by atoms with van der Waals surface area (Å²) in [4.78, 5) is 12.0. The maximum Gasteiger partial charge on any atom is 0.165 e. The Kier molecular flexibility index (Phi) is 7.83. The fourth-order valence-electron chi connectivity index (χ4n) is 2.25. The van der Waals surface area contributed by atoms with Crippen LogP contribution in [-0.2, 0) is 11.2 Å². The standard InChI is InChI=1S/C17H26O4/c1-3-4-5-6-7-8-14(18)16(20)11-13-9-10-15(19)17(12-13)21-2/h9-10,12,14,18-19H,3-8,11H2,1-2H3. The number of aromatic hydroxyl groups is 1. The first-order valence-corrected chi connectivity index (χ1v) is 7.65. The first-order valence-electron chi connectivity index (χ1n) is 7.65. The number of unbranched alkanes of at least 4 members (excludes halogenated alkanes) is 4. The summed E-state index contributed by atoms with van der Waals surface area (Å²) in [7, 11) is 1.46. The minimum Gasteiger partial charge on any atom is -0.504 e. The van der Waals surface area contributed by atoms with Crippen LogP contribution in [-0.4, -0.2) is 29.2 Å². The van der Waals surface area contributed by atoms with Crippen molar-refractivity contribution in [3.63, 3.8) is 0 Å². The van der Waals surface area contributed by atoms with E-state index in [2.05, 4.69) is 6.92 Å². The maximum atomic E-state index is 12.0. The fraction of sp³-hybridized carbons (Fsp3) is 0.588. The van der Waals surface area contributed by atoms with Crippen molar-refractivity contribution in [2.24, 2.45) is 0 Å². The average Bonchev–Trinajstić information content (AvgIpc) is 2.48. The van der Waals surface area contributed by atoms with E-state index in [1.807, 2.05) is 0 Å². The van der Waals surface area contributed by atoms with Gasteiger partial charge in [-0.3, -0.25) is 4.79 Å². The zero-order valence-electron chi connectivity index (χ0n) is 13.0. The summed E-state index contributed by atoms with van der Waals surface area (Å²) in [6.45, 7) is 2.16. The Morgan fingerprint density at radius 1 is 1.24 bits per heavy atom. The SMILES string of the molecule is CCCCCCCC(O)C(=O)Cc1ccc(O)c(OC)c1. The molecule has 0 bridgehead atoms. The summed E-state index contributed by atoms with van der Waals surface area (Å²) < 4.78 is 5.01. The van der Waals surface area contributed by atoms with Crippen LogP contribution in [0.4, 0.5) is 0 Å². The van der Waals surface area contributed by atoms with Gasteiger partial charge in [0.2, 0.25) is 0 Å². The third kappa shape index (κ3) is 6.17. The van der Waals surface area contributed by atoms with Crippen LogP contribution >= 0.6 is 0 Å². The van der Waals surface area contributed by atoms with E-state index >= 15 is 0 Å². The molecule has 1 rings (SSSR count). The zero-order chi connectivity index (χ0) is 15.7. The maximum absolute atomic E-state index is 12.0. The molecule has 0 spiro atoms. The van der Waals surface area contributed by atoms with Crippen LogP contribution in [0.5, 0.6) is 11.5 Å². The normalized spacial score (nSPS) is 12.1. The zero-order valence-corrected chi connectivity index (χ0v) is 13.0. The molecule has 0 heterocycles. The van der Waals surface area contributed by atoms with Crippen molar-refractivity contribution in [3.05, 3.63) is 23.8 Å². The van der Waals surface area contributed by atoms with Crippen LogP contribution in [0, 0.1) is 0 Å². The highest BCUT2D eigenvalue weighted by Gasteiger charge is 2.15. The molecule has 0 aliphatic carbocycles. The third-order valence-corrected chi connectivity index (χ3v) is 3.58. The van der Waals surface area contributed by atoms with Crippen LogP contribution in [0.3, 0.4) is 0 Å². The highest BCUT2D eigenvalue weighted by molar-refractivity contribution is 5.85. The summed E-state index contributed by atoms with van der Waals surface area (Å²) in [5.74, 6) is 0.206. The molecule has 0 aliphatic heterocycles. The Labute approximate surface area is 126 Å². The molecular weight excluding hydrogens is 268 g/mol. The van der Waals surface area contributed by atoms with Gasteiger partial charge in [0, 0.05) is 6.42 Å². The van der Waals surface area contributed by atoms with E-state index in [4.69, 9.17) is 4.74 Å². The van der Waals surface area contributed by atoms with Gasteiger partial charge in [0.25, 0.3) is 0 Å². The Morgan fingerprint density at radius 3 is 2.62 bits per heavy atom. The molecule has 1 aromatic carbocycles. The van der Waals surface area contributed by atoms with Crippen molar-refractivity contribution in [3.8, 4) is 11.5 Å². The number of phenols is 1. The van der Waals surface area contributed by atoms with Gasteiger partial charge in [-0.2, -0.15) is 0 Å². The number of ketones is 1. The second kappa shape index (κ2) is 9.40. The highest BCUT2D eigenvalue weighted by atomic mass is 16.5. The van der Waals surface area contributed by atoms with Gasteiger partial charge >= 0.3 is 0 Å². The van der Waals surface area contributed by atoms with Crippen LogP contribution in [0.15, 0.2) is 18.2 Å². The molecule has 0 fully saturated rings. The predicted molar refractivity (Wildman–Crippen MR) is 82.8 cm³/mol. The minimum atomic E-state index is -0.897. The number of hydrogen-bond donors (Lipinski definition) is 2. The van der Waals surface area contributed by atoms with Gasteiger partial charge in [-0.15, -0.1) is 0 Å². The van der Waals surface area contributed by atoms with E-state index in [0.717, 1.165) is 24.8 Å². The molecule has 2 N–H and O–H groups in total. The number of carbonyl (C=O) groups is 1. The van der Waals surface area contributed by atoms with Crippen molar-refractivity contribution in [2.45, 2.75) is 58.0 Å². The number of methoxy groups -OCH3 is 1. The molecular formula is C17H26O4. The molecule has 0 amide bonds. The van der Waals surface area contributed by atoms with Crippen LogP contribution < -0.4 is 4.74 Å². The summed E-state index contributed by atoms with van der Waals surface area (Å²) in [6, 6.07) is 4.80. The number of aliphatic hydroxyl groups excluding tert-OH is 1. The molecule has 118 valence electrons. The summed E-state index contributed by atoms with van der Waals surface area (Å²) in [5, 5.41) is 19.4. The molecule has 4 nitrogen and oxygen atoms in total. The van der Waals surface area contributed by atoms with E-state index in [0.29, 0.717) is 12.2 Å². The summed E-state index contributed by atoms with van der Waals surface area (Å²) >= 11 is 0. The second-order valence-electron chi connectivity index (χ2n) is 5.37. The van der Waals surface area contributed by atoms with Crippen molar-refractivity contribution >= 4 is 5.78 Å². The lowest BCUT2D eigenvalue weighted by atomic mass is 10.0. The molecule has 0 saturated heterocycles. The highest BCUT2D eigenvalue weighted by Crippen LogP contribution is 2.26. The number of aliphatic hydroxyl groups is 1. The van der Waals surface area contributed by atoms with Gasteiger partial charge in [0.15, 0.2) is 17.3 Å². The third-order valence-electron chi connectivity index (χ3n) is 3.58. The van der Waals surface area contributed by atoms with Gasteiger partial charge in [0.05, 0.1) is 7.11 Å². The number of carbonyl (C=O) groups excluding carboxylic acids is 1. The first-order chi connectivity index (χ1) is 10.1. The number of Topliss-reactive ketones (excluding diaryl/α,β-unsaturated/α-hetero) is 1. The Morgan fingerprint density at radius 2 is 1.95 bits per heavy atom. The molecule has 0 radical (unpaired) electrons. The predicted octanol–water partition coefficient (Wildman–Crippen LogP) is 3.23. The van der Waals surface area contributed by atoms with Crippen LogP contribution in [0.25, 0.3) is 0 Å². The van der Waals surface area contributed by atoms with E-state index in [1.54, 1.807) is 12.1 Å². The van der Waals surface area contributed by atoms with Gasteiger partial charge < -0.3 is 14.9 Å². The molecule has 4 heteroatoms. The van der Waals surface area contributed by atoms with Crippen molar-refractivity contribution in [1.29, 1.82) is 0 Å². The molecule has 21 heavy (non-hydrogen) atoms. The summed E-state index contributed by atoms with van der Waals surface area (Å²) in [5.41, 5.74) is 0.736. The van der Waals surface area contributed by atoms with Crippen molar-refractivity contribution in [1.82, 2.24) is 0 Å². The Balaban J connectivity index is 2.41. The molecule has 1 unspecified atom stereocenters. The number of ether oxygens (including phenoxy) is 1. The van der Waals surface area contributed by atoms with E-state index < -0.39 is 6.10 Å². The van der Waals surface area contributed by atoms with Crippen LogP contribution in [0.1, 0.15) is 51.0 Å². The Hall–Kier alpha value is -1.55. The van der Waals surface area contributed by atoms with E-state index in [-0.39, 0.29) is 18.0 Å². The van der Waals surface area contributed by atoms with Gasteiger partial charge in [-0.25, -0.2) is 0 Å². The first kappa shape index (κ1) is 17.5. The smallest absolute Gasteiger partial charge is 0.165 e. The molecule has 0 aliphatic rings. The summed E-state index contributed by atoms with van der Waals surface area (Å²) in [6.07, 6.45) is 5.28. The molecule has 0 aromatic heterocycles. The monoisotopic (exact) mass is 294 g/mol.